The molecule has 0 unspecified atom stereocenters. The fourth-order valence-corrected chi connectivity index (χ4v) is 2.31. The molecule has 1 aromatic rings. The van der Waals surface area contributed by atoms with Gasteiger partial charge in [0.05, 0.1) is 0 Å². The van der Waals surface area contributed by atoms with Crippen molar-refractivity contribution >= 4 is 5.69 Å². The monoisotopic (exact) mass is 191 g/mol. The number of benzene rings is 1. The van der Waals surface area contributed by atoms with Crippen molar-refractivity contribution in [3.8, 4) is 5.75 Å². The molecule has 0 heterocycles. The third-order valence-electron chi connectivity index (χ3n) is 3.10. The lowest BCUT2D eigenvalue weighted by atomic mass is 9.83. The zero-order valence-corrected chi connectivity index (χ0v) is 8.37. The number of hydrogen-bond donors (Lipinski definition) is 2. The van der Waals surface area contributed by atoms with Gasteiger partial charge in [-0.15, -0.1) is 0 Å². The Bertz CT molecular complexity index is 316. The van der Waals surface area contributed by atoms with Gasteiger partial charge < -0.3 is 10.8 Å². The van der Waals surface area contributed by atoms with Crippen LogP contribution < -0.4 is 5.73 Å². The number of phenols is 1. The second kappa shape index (κ2) is 3.91. The molecule has 0 bridgehead atoms. The van der Waals surface area contributed by atoms with Crippen LogP contribution in [-0.2, 0) is 0 Å². The summed E-state index contributed by atoms with van der Waals surface area (Å²) < 4.78 is 0. The topological polar surface area (TPSA) is 46.2 Å². The van der Waals surface area contributed by atoms with Gasteiger partial charge in [0.25, 0.3) is 0 Å². The molecule has 3 N–H and O–H groups in total. The summed E-state index contributed by atoms with van der Waals surface area (Å²) in [6.45, 7) is 0. The van der Waals surface area contributed by atoms with Crippen LogP contribution in [0.5, 0.6) is 5.75 Å². The minimum atomic E-state index is 0.408. The first-order valence-electron chi connectivity index (χ1n) is 5.36. The van der Waals surface area contributed by atoms with E-state index in [0.29, 0.717) is 11.7 Å². The van der Waals surface area contributed by atoms with Crippen LogP contribution in [0.15, 0.2) is 18.2 Å². The Morgan fingerprint density at radius 1 is 1.14 bits per heavy atom. The Labute approximate surface area is 84.7 Å². The molecule has 1 aliphatic carbocycles. The minimum absolute atomic E-state index is 0.408. The van der Waals surface area contributed by atoms with E-state index in [0.717, 1.165) is 11.3 Å². The maximum Gasteiger partial charge on any atom is 0.119 e. The zero-order valence-electron chi connectivity index (χ0n) is 8.37. The van der Waals surface area contributed by atoms with Crippen molar-refractivity contribution in [3.63, 3.8) is 0 Å². The summed E-state index contributed by atoms with van der Waals surface area (Å²) in [5.41, 5.74) is 7.52. The molecule has 0 amide bonds. The van der Waals surface area contributed by atoms with Crippen LogP contribution in [0, 0.1) is 0 Å². The van der Waals surface area contributed by atoms with Crippen LogP contribution in [0.2, 0.25) is 0 Å². The summed E-state index contributed by atoms with van der Waals surface area (Å²) in [6.07, 6.45) is 6.27. The standard InChI is InChI=1S/C12H17NO/c13-10-6-7-12(14)11(8-10)9-4-2-1-3-5-9/h6-9,14H,1-5,13H2. The molecule has 1 saturated carbocycles. The van der Waals surface area contributed by atoms with Gasteiger partial charge in [0, 0.05) is 5.69 Å². The molecule has 0 spiro atoms. The summed E-state index contributed by atoms with van der Waals surface area (Å²) in [5.74, 6) is 0.929. The molecule has 1 aliphatic rings. The molecule has 14 heavy (non-hydrogen) atoms. The van der Waals surface area contributed by atoms with Crippen LogP contribution >= 0.6 is 0 Å². The van der Waals surface area contributed by atoms with Gasteiger partial charge in [0.15, 0.2) is 0 Å². The second-order valence-corrected chi connectivity index (χ2v) is 4.15. The first kappa shape index (κ1) is 9.38. The fraction of sp³-hybridized carbons (Fsp3) is 0.500. The van der Waals surface area contributed by atoms with Gasteiger partial charge in [-0.1, -0.05) is 19.3 Å². The van der Waals surface area contributed by atoms with E-state index in [1.807, 2.05) is 6.07 Å². The Morgan fingerprint density at radius 2 is 1.86 bits per heavy atom. The molecule has 1 aromatic carbocycles. The molecule has 0 aromatic heterocycles. The van der Waals surface area contributed by atoms with Crippen LogP contribution in [0.1, 0.15) is 43.6 Å². The lowest BCUT2D eigenvalue weighted by Crippen LogP contribution is -2.05. The molecular formula is C12H17NO. The molecule has 0 radical (unpaired) electrons. The van der Waals surface area contributed by atoms with E-state index in [9.17, 15) is 5.11 Å². The Morgan fingerprint density at radius 3 is 2.57 bits per heavy atom. The molecule has 0 saturated heterocycles. The van der Waals surface area contributed by atoms with Crippen molar-refractivity contribution in [1.82, 2.24) is 0 Å². The highest BCUT2D eigenvalue weighted by Gasteiger charge is 2.18. The number of phenolic OH excluding ortho intramolecular Hbond substituents is 1. The summed E-state index contributed by atoms with van der Waals surface area (Å²) in [4.78, 5) is 0. The van der Waals surface area contributed by atoms with E-state index in [1.54, 1.807) is 12.1 Å². The van der Waals surface area contributed by atoms with E-state index >= 15 is 0 Å². The quantitative estimate of drug-likeness (QED) is 0.529. The summed E-state index contributed by atoms with van der Waals surface area (Å²) >= 11 is 0. The van der Waals surface area contributed by atoms with Crippen LogP contribution in [-0.4, -0.2) is 5.11 Å². The molecule has 76 valence electrons. The molecule has 0 atom stereocenters. The lowest BCUT2D eigenvalue weighted by molar-refractivity contribution is 0.414. The van der Waals surface area contributed by atoms with Crippen LogP contribution in [0.25, 0.3) is 0 Å². The van der Waals surface area contributed by atoms with Gasteiger partial charge in [0.2, 0.25) is 0 Å². The average Bonchev–Trinajstić information content (AvgIpc) is 2.23. The molecular weight excluding hydrogens is 174 g/mol. The van der Waals surface area contributed by atoms with Gasteiger partial charge >= 0.3 is 0 Å². The Balaban J connectivity index is 2.24. The van der Waals surface area contributed by atoms with Gasteiger partial charge in [-0.3, -0.25) is 0 Å². The number of aromatic hydroxyl groups is 1. The third kappa shape index (κ3) is 1.84. The Kier molecular flexibility index (Phi) is 2.62. The normalized spacial score (nSPS) is 18.3. The molecule has 2 heteroatoms. The summed E-state index contributed by atoms with van der Waals surface area (Å²) in [7, 11) is 0. The molecule has 1 fully saturated rings. The number of nitrogen functional groups attached to an aromatic ring is 1. The van der Waals surface area contributed by atoms with Crippen molar-refractivity contribution in [2.75, 3.05) is 5.73 Å². The number of nitrogens with two attached hydrogens (primary N) is 1. The Hall–Kier alpha value is -1.18. The van der Waals surface area contributed by atoms with Crippen LogP contribution in [0.3, 0.4) is 0 Å². The SMILES string of the molecule is Nc1ccc(O)c(C2CCCCC2)c1. The lowest BCUT2D eigenvalue weighted by Gasteiger charge is -2.22. The second-order valence-electron chi connectivity index (χ2n) is 4.15. The molecule has 2 nitrogen and oxygen atoms in total. The largest absolute Gasteiger partial charge is 0.508 e. The minimum Gasteiger partial charge on any atom is -0.508 e. The van der Waals surface area contributed by atoms with Gasteiger partial charge in [-0.25, -0.2) is 0 Å². The average molecular weight is 191 g/mol. The van der Waals surface area contributed by atoms with Crippen molar-refractivity contribution in [3.05, 3.63) is 23.8 Å². The van der Waals surface area contributed by atoms with E-state index in [-0.39, 0.29) is 0 Å². The van der Waals surface area contributed by atoms with E-state index < -0.39 is 0 Å². The summed E-state index contributed by atoms with van der Waals surface area (Å²) in [5, 5.41) is 9.73. The highest BCUT2D eigenvalue weighted by molar-refractivity contribution is 5.48. The van der Waals surface area contributed by atoms with E-state index in [4.69, 9.17) is 5.73 Å². The fourth-order valence-electron chi connectivity index (χ4n) is 2.31. The smallest absolute Gasteiger partial charge is 0.119 e. The summed E-state index contributed by atoms with van der Waals surface area (Å²) in [6, 6.07) is 5.38. The maximum atomic E-state index is 9.73. The molecule has 2 rings (SSSR count). The zero-order chi connectivity index (χ0) is 9.97. The van der Waals surface area contributed by atoms with E-state index in [2.05, 4.69) is 0 Å². The first-order valence-corrected chi connectivity index (χ1v) is 5.36. The van der Waals surface area contributed by atoms with Crippen molar-refractivity contribution in [2.24, 2.45) is 0 Å². The predicted octanol–water partition coefficient (Wildman–Crippen LogP) is 3.02. The third-order valence-corrected chi connectivity index (χ3v) is 3.10. The van der Waals surface area contributed by atoms with Gasteiger partial charge in [0.1, 0.15) is 5.75 Å². The highest BCUT2D eigenvalue weighted by atomic mass is 16.3. The first-order chi connectivity index (χ1) is 6.77. The van der Waals surface area contributed by atoms with Crippen LogP contribution in [0.4, 0.5) is 5.69 Å². The highest BCUT2D eigenvalue weighted by Crippen LogP contribution is 2.37. The number of hydrogen-bond acceptors (Lipinski definition) is 2. The van der Waals surface area contributed by atoms with Crippen molar-refractivity contribution < 1.29 is 5.11 Å². The predicted molar refractivity (Wildman–Crippen MR) is 58.3 cm³/mol. The maximum absolute atomic E-state index is 9.73. The number of anilines is 1. The van der Waals surface area contributed by atoms with Gasteiger partial charge in [-0.05, 0) is 42.5 Å². The van der Waals surface area contributed by atoms with Gasteiger partial charge in [-0.2, -0.15) is 0 Å². The number of rotatable bonds is 1. The van der Waals surface area contributed by atoms with Crippen molar-refractivity contribution in [1.29, 1.82) is 0 Å². The van der Waals surface area contributed by atoms with E-state index in [1.165, 1.54) is 32.1 Å². The van der Waals surface area contributed by atoms with Crippen molar-refractivity contribution in [2.45, 2.75) is 38.0 Å². The molecule has 0 aliphatic heterocycles.